The number of nitro benzene ring substituents is 1. The van der Waals surface area contributed by atoms with Gasteiger partial charge in [-0.05, 0) is 43.1 Å². The van der Waals surface area contributed by atoms with E-state index in [0.29, 0.717) is 12.4 Å². The number of hydrogen-bond donors (Lipinski definition) is 1. The topological polar surface area (TPSA) is 64.4 Å². The Labute approximate surface area is 150 Å². The van der Waals surface area contributed by atoms with Crippen LogP contribution in [0.2, 0.25) is 0 Å². The summed E-state index contributed by atoms with van der Waals surface area (Å²) in [6.07, 6.45) is 2.01. The molecule has 0 saturated heterocycles. The van der Waals surface area contributed by atoms with Gasteiger partial charge in [-0.25, -0.2) is 0 Å². The van der Waals surface area contributed by atoms with Crippen molar-refractivity contribution < 1.29 is 9.66 Å². The van der Waals surface area contributed by atoms with Crippen molar-refractivity contribution in [3.8, 4) is 5.75 Å². The van der Waals surface area contributed by atoms with Gasteiger partial charge in [-0.15, -0.1) is 0 Å². The third-order valence-electron chi connectivity index (χ3n) is 3.54. The lowest BCUT2D eigenvalue weighted by Crippen LogP contribution is -2.12. The molecule has 2 aromatic carbocycles. The van der Waals surface area contributed by atoms with E-state index in [-0.39, 0.29) is 5.69 Å². The summed E-state index contributed by atoms with van der Waals surface area (Å²) in [6, 6.07) is 14.7. The molecule has 0 radical (unpaired) electrons. The Morgan fingerprint density at radius 3 is 2.28 bits per heavy atom. The van der Waals surface area contributed by atoms with Gasteiger partial charge in [0.1, 0.15) is 6.61 Å². The molecule has 0 bridgehead atoms. The number of ether oxygens (including phenoxy) is 1. The van der Waals surface area contributed by atoms with Gasteiger partial charge in [0, 0.05) is 6.07 Å². The first-order chi connectivity index (χ1) is 12.1. The highest BCUT2D eigenvalue weighted by Crippen LogP contribution is 2.28. The Hall–Kier alpha value is -2.40. The number of aryl methyl sites for hydroxylation is 1. The minimum atomic E-state index is -0.403. The van der Waals surface area contributed by atoms with E-state index in [4.69, 9.17) is 4.74 Å². The fourth-order valence-electron chi connectivity index (χ4n) is 2.14. The second-order valence-electron chi connectivity index (χ2n) is 5.54. The summed E-state index contributed by atoms with van der Waals surface area (Å²) >= 11 is 0. The Bertz CT molecular complexity index is 626. The molecule has 0 amide bonds. The fraction of sp³-hybridized carbons (Fsp3) is 0.400. The van der Waals surface area contributed by atoms with Crippen molar-refractivity contribution in [3.63, 3.8) is 0 Å². The molecule has 5 heteroatoms. The molecule has 5 nitrogen and oxygen atoms in total. The molecule has 0 aliphatic rings. The van der Waals surface area contributed by atoms with Gasteiger partial charge in [-0.2, -0.15) is 0 Å². The van der Waals surface area contributed by atoms with Gasteiger partial charge < -0.3 is 10.1 Å². The van der Waals surface area contributed by atoms with Gasteiger partial charge in [0.05, 0.1) is 4.92 Å². The van der Waals surface area contributed by atoms with Crippen molar-refractivity contribution in [2.75, 3.05) is 13.1 Å². The minimum Gasteiger partial charge on any atom is -0.482 e. The van der Waals surface area contributed by atoms with Crippen LogP contribution in [0.15, 0.2) is 48.5 Å². The molecule has 136 valence electrons. The Morgan fingerprint density at radius 1 is 1.04 bits per heavy atom. The van der Waals surface area contributed by atoms with Gasteiger partial charge in [0.25, 0.3) is 0 Å². The van der Waals surface area contributed by atoms with Crippen LogP contribution in [0.25, 0.3) is 0 Å². The highest BCUT2D eigenvalue weighted by molar-refractivity contribution is 5.48. The van der Waals surface area contributed by atoms with E-state index in [1.165, 1.54) is 6.42 Å². The molecule has 0 heterocycles. The highest BCUT2D eigenvalue weighted by atomic mass is 16.6. The first-order valence-electron chi connectivity index (χ1n) is 8.77. The van der Waals surface area contributed by atoms with Crippen molar-refractivity contribution in [3.05, 3.63) is 69.8 Å². The van der Waals surface area contributed by atoms with Crippen molar-refractivity contribution in [2.45, 2.75) is 40.2 Å². The molecular formula is C20H28N2O3. The monoisotopic (exact) mass is 344 g/mol. The lowest BCUT2D eigenvalue weighted by atomic mass is 10.1. The summed E-state index contributed by atoms with van der Waals surface area (Å²) in [4.78, 5) is 10.6. The molecule has 0 aromatic heterocycles. The molecule has 0 unspecified atom stereocenters. The van der Waals surface area contributed by atoms with Crippen molar-refractivity contribution in [2.24, 2.45) is 0 Å². The van der Waals surface area contributed by atoms with Crippen LogP contribution in [0.4, 0.5) is 5.69 Å². The normalized spacial score (nSPS) is 9.88. The van der Waals surface area contributed by atoms with Gasteiger partial charge in [-0.3, -0.25) is 10.1 Å². The van der Waals surface area contributed by atoms with Gasteiger partial charge >= 0.3 is 5.69 Å². The summed E-state index contributed by atoms with van der Waals surface area (Å²) < 4.78 is 5.54. The third-order valence-corrected chi connectivity index (χ3v) is 3.54. The third kappa shape index (κ3) is 7.81. The van der Waals surface area contributed by atoms with E-state index >= 15 is 0 Å². The van der Waals surface area contributed by atoms with Crippen LogP contribution in [0, 0.1) is 10.1 Å². The maximum absolute atomic E-state index is 11.0. The zero-order valence-electron chi connectivity index (χ0n) is 15.3. The molecule has 0 saturated carbocycles. The van der Waals surface area contributed by atoms with Crippen LogP contribution in [0.3, 0.4) is 0 Å². The van der Waals surface area contributed by atoms with Crippen LogP contribution < -0.4 is 10.1 Å². The zero-order chi connectivity index (χ0) is 18.5. The van der Waals surface area contributed by atoms with Crippen LogP contribution in [-0.2, 0) is 13.0 Å². The van der Waals surface area contributed by atoms with E-state index in [9.17, 15) is 10.1 Å². The Kier molecular flexibility index (Phi) is 9.94. The predicted octanol–water partition coefficient (Wildman–Crippen LogP) is 4.74. The highest BCUT2D eigenvalue weighted by Gasteiger charge is 2.15. The smallest absolute Gasteiger partial charge is 0.311 e. The van der Waals surface area contributed by atoms with E-state index in [2.05, 4.69) is 19.2 Å². The molecule has 25 heavy (non-hydrogen) atoms. The average molecular weight is 344 g/mol. The summed E-state index contributed by atoms with van der Waals surface area (Å²) in [5, 5.41) is 14.2. The van der Waals surface area contributed by atoms with E-state index in [1.54, 1.807) is 12.1 Å². The first kappa shape index (κ1) is 20.6. The number of nitrogens with one attached hydrogen (secondary N) is 1. The lowest BCUT2D eigenvalue weighted by molar-refractivity contribution is -0.386. The van der Waals surface area contributed by atoms with Gasteiger partial charge in [0.15, 0.2) is 5.75 Å². The van der Waals surface area contributed by atoms with Crippen molar-refractivity contribution >= 4 is 5.69 Å². The standard InChI is InChI=1S/C15H15NO3.C5H13N/c1-2-12-8-9-15(14(10-12)16(17)18)19-11-13-6-4-3-5-7-13;1-3-5-6-4-2/h3-10H,2,11H2,1H3;6H,3-5H2,1-2H3. The molecule has 0 atom stereocenters. The molecule has 2 aromatic rings. The van der Waals surface area contributed by atoms with E-state index in [0.717, 1.165) is 30.6 Å². The van der Waals surface area contributed by atoms with E-state index < -0.39 is 4.92 Å². The molecule has 1 N–H and O–H groups in total. The van der Waals surface area contributed by atoms with Gasteiger partial charge in [0.2, 0.25) is 0 Å². The maximum atomic E-state index is 11.0. The molecule has 0 spiro atoms. The number of benzene rings is 2. The number of hydrogen-bond acceptors (Lipinski definition) is 4. The van der Waals surface area contributed by atoms with Crippen LogP contribution in [0.1, 0.15) is 38.3 Å². The summed E-state index contributed by atoms with van der Waals surface area (Å²) in [5.41, 5.74) is 1.94. The summed E-state index contributed by atoms with van der Waals surface area (Å²) in [5.74, 6) is 0.311. The second kappa shape index (κ2) is 12.0. The Balaban J connectivity index is 0.000000450. The second-order valence-corrected chi connectivity index (χ2v) is 5.54. The average Bonchev–Trinajstić information content (AvgIpc) is 2.65. The maximum Gasteiger partial charge on any atom is 0.311 e. The van der Waals surface area contributed by atoms with Crippen molar-refractivity contribution in [1.82, 2.24) is 5.32 Å². The summed E-state index contributed by atoms with van der Waals surface area (Å²) in [7, 11) is 0. The fourth-order valence-corrected chi connectivity index (χ4v) is 2.14. The first-order valence-corrected chi connectivity index (χ1v) is 8.77. The molecule has 0 aliphatic carbocycles. The predicted molar refractivity (Wildman–Crippen MR) is 102 cm³/mol. The zero-order valence-corrected chi connectivity index (χ0v) is 15.3. The molecular weight excluding hydrogens is 316 g/mol. The SMILES string of the molecule is CCCNCC.CCc1ccc(OCc2ccccc2)c([N+](=O)[O-])c1. The molecule has 0 aliphatic heterocycles. The quantitative estimate of drug-likeness (QED) is 0.427. The minimum absolute atomic E-state index is 0.0234. The summed E-state index contributed by atoms with van der Waals surface area (Å²) in [6.45, 7) is 8.85. The number of nitrogens with zero attached hydrogens (tertiary/aromatic N) is 1. The number of nitro groups is 1. The lowest BCUT2D eigenvalue weighted by Gasteiger charge is -2.07. The van der Waals surface area contributed by atoms with Crippen LogP contribution in [0.5, 0.6) is 5.75 Å². The Morgan fingerprint density at radius 2 is 1.76 bits per heavy atom. The van der Waals surface area contributed by atoms with Crippen molar-refractivity contribution in [1.29, 1.82) is 0 Å². The molecule has 0 fully saturated rings. The van der Waals surface area contributed by atoms with E-state index in [1.807, 2.05) is 43.3 Å². The number of rotatable bonds is 8. The molecule has 2 rings (SSSR count). The van der Waals surface area contributed by atoms with Gasteiger partial charge in [-0.1, -0.05) is 57.2 Å². The van der Waals surface area contributed by atoms with Crippen LogP contribution in [-0.4, -0.2) is 18.0 Å². The largest absolute Gasteiger partial charge is 0.482 e. The van der Waals surface area contributed by atoms with Crippen LogP contribution >= 0.6 is 0 Å².